The number of carbonyl (C=O) groups is 1. The number of fused-ring (bicyclic) bond motifs is 1. The van der Waals surface area contributed by atoms with Gasteiger partial charge in [-0.3, -0.25) is 4.79 Å². The number of carbonyl (C=O) groups excluding carboxylic acids is 1. The van der Waals surface area contributed by atoms with Crippen molar-refractivity contribution >= 4 is 5.78 Å². The lowest BCUT2D eigenvalue weighted by Gasteiger charge is -2.20. The molecule has 1 aliphatic rings. The summed E-state index contributed by atoms with van der Waals surface area (Å²) >= 11 is 0. The molecule has 0 unspecified atom stereocenters. The van der Waals surface area contributed by atoms with Gasteiger partial charge < -0.3 is 14.2 Å². The van der Waals surface area contributed by atoms with E-state index in [0.29, 0.717) is 18.8 Å². The van der Waals surface area contributed by atoms with Gasteiger partial charge in [0.05, 0.1) is 13.7 Å². The maximum absolute atomic E-state index is 11.1. The molecule has 0 fully saturated rings. The van der Waals surface area contributed by atoms with Crippen LogP contribution in [0.1, 0.15) is 18.1 Å². The molecule has 0 spiro atoms. The van der Waals surface area contributed by atoms with Crippen LogP contribution in [-0.4, -0.2) is 19.7 Å². The molecule has 0 amide bonds. The summed E-state index contributed by atoms with van der Waals surface area (Å²) in [4.78, 5) is 11.1. The molecule has 1 aromatic carbocycles. The average molecular weight is 222 g/mol. The van der Waals surface area contributed by atoms with Crippen LogP contribution in [0.4, 0.5) is 0 Å². The first-order chi connectivity index (χ1) is 7.70. The highest BCUT2D eigenvalue weighted by atomic mass is 16.7. The van der Waals surface area contributed by atoms with Crippen LogP contribution < -0.4 is 9.47 Å². The lowest BCUT2D eigenvalue weighted by Crippen LogP contribution is -2.13. The van der Waals surface area contributed by atoms with Gasteiger partial charge in [-0.15, -0.1) is 0 Å². The third kappa shape index (κ3) is 2.17. The average Bonchev–Trinajstić information content (AvgIpc) is 2.27. The van der Waals surface area contributed by atoms with Crippen LogP contribution in [0.2, 0.25) is 0 Å². The highest BCUT2D eigenvalue weighted by molar-refractivity contribution is 5.78. The highest BCUT2D eigenvalue weighted by Gasteiger charge is 2.17. The number of ketones is 1. The van der Waals surface area contributed by atoms with Crippen LogP contribution in [0.3, 0.4) is 0 Å². The number of hydrogen-bond acceptors (Lipinski definition) is 4. The molecule has 2 rings (SSSR count). The molecule has 0 radical (unpaired) electrons. The van der Waals surface area contributed by atoms with Gasteiger partial charge in [-0.05, 0) is 24.6 Å². The summed E-state index contributed by atoms with van der Waals surface area (Å²) in [5.41, 5.74) is 1.86. The van der Waals surface area contributed by atoms with Crippen molar-refractivity contribution in [3.63, 3.8) is 0 Å². The summed E-state index contributed by atoms with van der Waals surface area (Å²) in [7, 11) is 1.59. The first-order valence-corrected chi connectivity index (χ1v) is 5.10. The van der Waals surface area contributed by atoms with Crippen molar-refractivity contribution in [1.29, 1.82) is 0 Å². The summed E-state index contributed by atoms with van der Waals surface area (Å²) < 4.78 is 15.8. The topological polar surface area (TPSA) is 44.8 Å². The lowest BCUT2D eigenvalue weighted by molar-refractivity contribution is -0.116. The van der Waals surface area contributed by atoms with Crippen molar-refractivity contribution in [2.45, 2.75) is 20.0 Å². The minimum Gasteiger partial charge on any atom is -0.493 e. The number of benzene rings is 1. The van der Waals surface area contributed by atoms with E-state index < -0.39 is 0 Å². The van der Waals surface area contributed by atoms with Crippen molar-refractivity contribution in [2.75, 3.05) is 13.9 Å². The second kappa shape index (κ2) is 4.53. The molecular weight excluding hydrogens is 208 g/mol. The normalized spacial score (nSPS) is 13.9. The summed E-state index contributed by atoms with van der Waals surface area (Å²) in [5, 5.41) is 0. The van der Waals surface area contributed by atoms with Crippen molar-refractivity contribution in [3.05, 3.63) is 23.3 Å². The summed E-state index contributed by atoms with van der Waals surface area (Å²) in [6.07, 6.45) is 0.406. The predicted molar refractivity (Wildman–Crippen MR) is 57.7 cm³/mol. The monoisotopic (exact) mass is 222 g/mol. The molecule has 4 nitrogen and oxygen atoms in total. The fourth-order valence-corrected chi connectivity index (χ4v) is 1.79. The van der Waals surface area contributed by atoms with Gasteiger partial charge in [0.1, 0.15) is 5.78 Å². The van der Waals surface area contributed by atoms with Gasteiger partial charge in [0.15, 0.2) is 18.3 Å². The van der Waals surface area contributed by atoms with E-state index in [0.717, 1.165) is 16.9 Å². The Hall–Kier alpha value is -1.55. The Kier molecular flexibility index (Phi) is 3.10. The van der Waals surface area contributed by atoms with Crippen LogP contribution in [0.5, 0.6) is 11.5 Å². The van der Waals surface area contributed by atoms with E-state index in [4.69, 9.17) is 14.2 Å². The van der Waals surface area contributed by atoms with Crippen LogP contribution in [0.25, 0.3) is 0 Å². The number of hydrogen-bond donors (Lipinski definition) is 0. The maximum atomic E-state index is 11.1. The quantitative estimate of drug-likeness (QED) is 0.780. The zero-order valence-corrected chi connectivity index (χ0v) is 9.41. The van der Waals surface area contributed by atoms with Crippen LogP contribution in [0.15, 0.2) is 12.1 Å². The van der Waals surface area contributed by atoms with Crippen LogP contribution >= 0.6 is 0 Å². The molecule has 0 aromatic heterocycles. The molecule has 16 heavy (non-hydrogen) atoms. The number of ether oxygens (including phenoxy) is 3. The molecule has 0 saturated heterocycles. The molecular formula is C12H14O4. The Morgan fingerprint density at radius 3 is 3.00 bits per heavy atom. The van der Waals surface area contributed by atoms with Crippen LogP contribution in [0, 0.1) is 0 Å². The second-order valence-electron chi connectivity index (χ2n) is 3.78. The summed E-state index contributed by atoms with van der Waals surface area (Å²) in [6, 6.07) is 3.77. The molecule has 0 bridgehead atoms. The first kappa shape index (κ1) is 11.0. The molecule has 0 aliphatic carbocycles. The molecule has 4 heteroatoms. The highest BCUT2D eigenvalue weighted by Crippen LogP contribution is 2.35. The Labute approximate surface area is 94.1 Å². The van der Waals surface area contributed by atoms with Crippen molar-refractivity contribution in [2.24, 2.45) is 0 Å². The summed E-state index contributed by atoms with van der Waals surface area (Å²) in [5.74, 6) is 1.51. The molecule has 0 N–H and O–H groups in total. The largest absolute Gasteiger partial charge is 0.493 e. The molecule has 1 aromatic rings. The molecule has 1 aliphatic heterocycles. The van der Waals surface area contributed by atoms with Gasteiger partial charge in [0, 0.05) is 12.0 Å². The third-order valence-electron chi connectivity index (χ3n) is 2.41. The van der Waals surface area contributed by atoms with Gasteiger partial charge in [-0.2, -0.15) is 0 Å². The molecule has 0 atom stereocenters. The van der Waals surface area contributed by atoms with Gasteiger partial charge >= 0.3 is 0 Å². The van der Waals surface area contributed by atoms with Gasteiger partial charge in [-0.25, -0.2) is 0 Å². The van der Waals surface area contributed by atoms with Gasteiger partial charge in [0.2, 0.25) is 0 Å². The smallest absolute Gasteiger partial charge is 0.189 e. The first-order valence-electron chi connectivity index (χ1n) is 5.10. The maximum Gasteiger partial charge on any atom is 0.189 e. The van der Waals surface area contributed by atoms with Crippen molar-refractivity contribution in [1.82, 2.24) is 0 Å². The van der Waals surface area contributed by atoms with Gasteiger partial charge in [-0.1, -0.05) is 0 Å². The van der Waals surface area contributed by atoms with Crippen molar-refractivity contribution in [3.8, 4) is 11.5 Å². The molecule has 0 saturated carbocycles. The third-order valence-corrected chi connectivity index (χ3v) is 2.41. The van der Waals surface area contributed by atoms with E-state index in [-0.39, 0.29) is 12.6 Å². The zero-order valence-electron chi connectivity index (χ0n) is 9.41. The molecule has 1 heterocycles. The second-order valence-corrected chi connectivity index (χ2v) is 3.78. The SMILES string of the molecule is COc1cc(CC(C)=O)cc2c1OCOC2. The van der Waals surface area contributed by atoms with Crippen LogP contribution in [-0.2, 0) is 22.6 Å². The fraction of sp³-hybridized carbons (Fsp3) is 0.417. The Balaban J connectivity index is 2.39. The summed E-state index contributed by atoms with van der Waals surface area (Å²) in [6.45, 7) is 2.31. The Bertz CT molecular complexity index is 394. The van der Waals surface area contributed by atoms with Crippen molar-refractivity contribution < 1.29 is 19.0 Å². The number of methoxy groups -OCH3 is 1. The van der Waals surface area contributed by atoms with E-state index in [1.807, 2.05) is 12.1 Å². The number of Topliss-reactive ketones (excluding diaryl/α,β-unsaturated/α-hetero) is 1. The van der Waals surface area contributed by atoms with E-state index in [1.165, 1.54) is 0 Å². The Morgan fingerprint density at radius 2 is 2.31 bits per heavy atom. The standard InChI is InChI=1S/C12H14O4/c1-8(13)3-9-4-10-6-15-7-16-12(10)11(5-9)14-2/h4-5H,3,6-7H2,1-2H3. The lowest BCUT2D eigenvalue weighted by atomic mass is 10.0. The van der Waals surface area contributed by atoms with E-state index in [9.17, 15) is 4.79 Å². The minimum atomic E-state index is 0.125. The molecule has 86 valence electrons. The fourth-order valence-electron chi connectivity index (χ4n) is 1.79. The van der Waals surface area contributed by atoms with E-state index in [2.05, 4.69) is 0 Å². The number of rotatable bonds is 3. The predicted octanol–water partition coefficient (Wildman–Crippen LogP) is 1.69. The van der Waals surface area contributed by atoms with E-state index >= 15 is 0 Å². The van der Waals surface area contributed by atoms with E-state index in [1.54, 1.807) is 14.0 Å². The zero-order chi connectivity index (χ0) is 11.5. The Morgan fingerprint density at radius 1 is 1.50 bits per heavy atom. The van der Waals surface area contributed by atoms with Gasteiger partial charge in [0.25, 0.3) is 0 Å². The minimum absolute atomic E-state index is 0.125.